The Kier molecular flexibility index (Phi) is 4.41. The zero-order chi connectivity index (χ0) is 21.7. The van der Waals surface area contributed by atoms with E-state index in [9.17, 15) is 18.4 Å². The number of amides is 2. The third-order valence-electron chi connectivity index (χ3n) is 5.63. The molecular weight excluding hydrogens is 410 g/mol. The van der Waals surface area contributed by atoms with Crippen LogP contribution in [0.2, 0.25) is 0 Å². The predicted octanol–water partition coefficient (Wildman–Crippen LogP) is 1.05. The quantitative estimate of drug-likeness (QED) is 0.639. The third kappa shape index (κ3) is 3.20. The molecule has 2 aliphatic rings. The van der Waals surface area contributed by atoms with E-state index in [0.29, 0.717) is 32.5 Å². The second-order valence-electron chi connectivity index (χ2n) is 7.50. The Hall–Kier alpha value is -3.83. The van der Waals surface area contributed by atoms with Crippen LogP contribution in [0.5, 0.6) is 0 Å². The summed E-state index contributed by atoms with van der Waals surface area (Å²) >= 11 is 0. The maximum Gasteiger partial charge on any atom is 0.263 e. The molecule has 0 radical (unpaired) electrons. The van der Waals surface area contributed by atoms with Crippen LogP contribution in [-0.2, 0) is 4.79 Å². The fraction of sp³-hybridized carbons (Fsp3) is 0.316. The van der Waals surface area contributed by atoms with Crippen LogP contribution in [0, 0.1) is 11.6 Å². The lowest BCUT2D eigenvalue weighted by atomic mass is 10.1. The number of hydrogen-bond acceptors (Lipinski definition) is 7. The number of rotatable bonds is 3. The Morgan fingerprint density at radius 2 is 2.06 bits per heavy atom. The number of halogens is 2. The van der Waals surface area contributed by atoms with Crippen molar-refractivity contribution < 1.29 is 18.4 Å². The Balaban J connectivity index is 1.46. The van der Waals surface area contributed by atoms with Gasteiger partial charge in [0.1, 0.15) is 11.3 Å². The van der Waals surface area contributed by atoms with E-state index in [1.54, 1.807) is 4.90 Å². The van der Waals surface area contributed by atoms with Gasteiger partial charge in [0, 0.05) is 32.1 Å². The molecule has 0 unspecified atom stereocenters. The number of hydrogen-bond donors (Lipinski definition) is 2. The van der Waals surface area contributed by atoms with Gasteiger partial charge >= 0.3 is 0 Å². The standard InChI is InChI=1S/C19H18F2N8O2/c20-10-5-24-18-15(17(22)26-29(18)8-10)19(31)25-13-7-23-6-12(21)16(13)27-3-4-28-11(9-27)1-2-14(28)30/h5-8,11H,1-4,9H2,(H2,22,26)(H,25,31)/t11-/m1/s1. The summed E-state index contributed by atoms with van der Waals surface area (Å²) in [6.07, 6.45) is 5.62. The average molecular weight is 428 g/mol. The first kappa shape index (κ1) is 19.2. The van der Waals surface area contributed by atoms with Crippen LogP contribution in [0.25, 0.3) is 5.65 Å². The largest absolute Gasteiger partial charge is 0.381 e. The molecular formula is C19H18F2N8O2. The van der Waals surface area contributed by atoms with Crippen LogP contribution < -0.4 is 16.0 Å². The number of pyridine rings is 1. The Bertz CT molecular complexity index is 1210. The Labute approximate surface area is 174 Å². The van der Waals surface area contributed by atoms with Crippen molar-refractivity contribution in [1.29, 1.82) is 0 Å². The molecule has 0 aliphatic carbocycles. The van der Waals surface area contributed by atoms with E-state index in [4.69, 9.17) is 5.73 Å². The van der Waals surface area contributed by atoms with Crippen molar-refractivity contribution in [1.82, 2.24) is 24.5 Å². The maximum atomic E-state index is 14.8. The zero-order valence-electron chi connectivity index (χ0n) is 16.3. The molecule has 5 heterocycles. The van der Waals surface area contributed by atoms with Gasteiger partial charge in [-0.3, -0.25) is 14.6 Å². The second kappa shape index (κ2) is 7.15. The molecule has 0 aromatic carbocycles. The van der Waals surface area contributed by atoms with Gasteiger partial charge in [-0.15, -0.1) is 5.10 Å². The minimum absolute atomic E-state index is 0.00623. The molecule has 3 aromatic rings. The number of nitrogen functional groups attached to an aromatic ring is 1. The fourth-order valence-electron chi connectivity index (χ4n) is 4.24. The van der Waals surface area contributed by atoms with Gasteiger partial charge in [-0.25, -0.2) is 18.3 Å². The number of carbonyl (C=O) groups excluding carboxylic acids is 2. The van der Waals surface area contributed by atoms with E-state index in [-0.39, 0.29) is 40.4 Å². The number of anilines is 3. The van der Waals surface area contributed by atoms with Gasteiger partial charge in [-0.05, 0) is 6.42 Å². The number of aromatic nitrogens is 4. The smallest absolute Gasteiger partial charge is 0.263 e. The van der Waals surface area contributed by atoms with Gasteiger partial charge in [-0.2, -0.15) is 0 Å². The highest BCUT2D eigenvalue weighted by atomic mass is 19.1. The van der Waals surface area contributed by atoms with E-state index in [2.05, 4.69) is 20.4 Å². The number of nitrogens with two attached hydrogens (primary N) is 1. The fourth-order valence-corrected chi connectivity index (χ4v) is 4.24. The highest BCUT2D eigenvalue weighted by Crippen LogP contribution is 2.33. The number of nitrogens with zero attached hydrogens (tertiary/aromatic N) is 6. The summed E-state index contributed by atoms with van der Waals surface area (Å²) in [5.41, 5.74) is 6.21. The predicted molar refractivity (Wildman–Crippen MR) is 106 cm³/mol. The van der Waals surface area contributed by atoms with Crippen LogP contribution in [0.3, 0.4) is 0 Å². The first-order valence-electron chi connectivity index (χ1n) is 9.71. The average Bonchev–Trinajstić information content (AvgIpc) is 3.26. The van der Waals surface area contributed by atoms with Crippen molar-refractivity contribution in [2.24, 2.45) is 0 Å². The molecule has 0 spiro atoms. The molecule has 0 saturated carbocycles. The van der Waals surface area contributed by atoms with Crippen molar-refractivity contribution in [2.45, 2.75) is 18.9 Å². The lowest BCUT2D eigenvalue weighted by molar-refractivity contribution is -0.129. The molecule has 2 fully saturated rings. The zero-order valence-corrected chi connectivity index (χ0v) is 16.3. The number of carbonyl (C=O) groups is 2. The summed E-state index contributed by atoms with van der Waals surface area (Å²) in [5, 5.41) is 6.54. The highest BCUT2D eigenvalue weighted by molar-refractivity contribution is 6.12. The minimum atomic E-state index is -0.671. The van der Waals surface area contributed by atoms with Crippen LogP contribution in [0.1, 0.15) is 23.2 Å². The van der Waals surface area contributed by atoms with Gasteiger partial charge in [0.25, 0.3) is 5.91 Å². The van der Waals surface area contributed by atoms with Gasteiger partial charge in [0.15, 0.2) is 23.1 Å². The van der Waals surface area contributed by atoms with Crippen molar-refractivity contribution in [3.05, 3.63) is 42.0 Å². The van der Waals surface area contributed by atoms with Gasteiger partial charge in [0.2, 0.25) is 5.91 Å². The molecule has 2 amide bonds. The molecule has 3 N–H and O–H groups in total. The first-order valence-corrected chi connectivity index (χ1v) is 9.71. The lowest BCUT2D eigenvalue weighted by Gasteiger charge is -2.39. The van der Waals surface area contributed by atoms with Crippen molar-refractivity contribution in [3.63, 3.8) is 0 Å². The summed E-state index contributed by atoms with van der Waals surface area (Å²) in [4.78, 5) is 36.3. The molecule has 31 heavy (non-hydrogen) atoms. The van der Waals surface area contributed by atoms with E-state index >= 15 is 0 Å². The summed E-state index contributed by atoms with van der Waals surface area (Å²) in [7, 11) is 0. The molecule has 2 saturated heterocycles. The normalized spacial score (nSPS) is 18.5. The lowest BCUT2D eigenvalue weighted by Crippen LogP contribution is -2.51. The number of fused-ring (bicyclic) bond motifs is 2. The van der Waals surface area contributed by atoms with Gasteiger partial charge in [0.05, 0.1) is 30.5 Å². The third-order valence-corrected chi connectivity index (χ3v) is 5.63. The van der Waals surface area contributed by atoms with Crippen LogP contribution in [0.4, 0.5) is 26.0 Å². The van der Waals surface area contributed by atoms with Gasteiger partial charge < -0.3 is 20.9 Å². The van der Waals surface area contributed by atoms with E-state index < -0.39 is 17.5 Å². The summed E-state index contributed by atoms with van der Waals surface area (Å²) in [5.74, 6) is -1.93. The SMILES string of the molecule is Nc1nn2cc(F)cnc2c1C(=O)Nc1cncc(F)c1N1CCN2C(=O)CC[C@@H]2C1. The van der Waals surface area contributed by atoms with Crippen molar-refractivity contribution >= 4 is 34.7 Å². The molecule has 3 aromatic heterocycles. The van der Waals surface area contributed by atoms with E-state index in [1.807, 2.05) is 4.90 Å². The topological polar surface area (TPSA) is 122 Å². The summed E-state index contributed by atoms with van der Waals surface area (Å²) in [6, 6.07) is 0.00623. The van der Waals surface area contributed by atoms with E-state index in [1.165, 1.54) is 6.20 Å². The minimum Gasteiger partial charge on any atom is -0.381 e. The Morgan fingerprint density at radius 3 is 2.90 bits per heavy atom. The molecule has 0 bridgehead atoms. The van der Waals surface area contributed by atoms with Crippen LogP contribution in [-0.4, -0.2) is 62.0 Å². The molecule has 5 rings (SSSR count). The highest BCUT2D eigenvalue weighted by Gasteiger charge is 2.37. The first-order chi connectivity index (χ1) is 14.9. The molecule has 1 atom stereocenters. The summed E-state index contributed by atoms with van der Waals surface area (Å²) < 4.78 is 29.3. The number of nitrogens with one attached hydrogen (secondary N) is 1. The molecule has 2 aliphatic heterocycles. The van der Waals surface area contributed by atoms with Gasteiger partial charge in [-0.1, -0.05) is 0 Å². The van der Waals surface area contributed by atoms with Crippen LogP contribution in [0.15, 0.2) is 24.8 Å². The molecule has 160 valence electrons. The molecule has 12 heteroatoms. The molecule has 10 nitrogen and oxygen atoms in total. The summed E-state index contributed by atoms with van der Waals surface area (Å²) in [6.45, 7) is 1.36. The van der Waals surface area contributed by atoms with Crippen molar-refractivity contribution in [2.75, 3.05) is 35.6 Å². The van der Waals surface area contributed by atoms with E-state index in [0.717, 1.165) is 23.1 Å². The monoisotopic (exact) mass is 428 g/mol. The maximum absolute atomic E-state index is 14.8. The second-order valence-corrected chi connectivity index (χ2v) is 7.50. The van der Waals surface area contributed by atoms with Crippen LogP contribution >= 0.6 is 0 Å². The number of piperazine rings is 1. The van der Waals surface area contributed by atoms with Crippen molar-refractivity contribution in [3.8, 4) is 0 Å². The Morgan fingerprint density at radius 1 is 1.23 bits per heavy atom.